The summed E-state index contributed by atoms with van der Waals surface area (Å²) in [5, 5.41) is 14.0. The molecule has 0 aliphatic heterocycles. The number of pyridine rings is 1. The van der Waals surface area contributed by atoms with Gasteiger partial charge in [-0.2, -0.15) is 5.10 Å². The van der Waals surface area contributed by atoms with E-state index >= 15 is 0 Å². The maximum atomic E-state index is 11.3. The Labute approximate surface area is 114 Å². The maximum Gasteiger partial charge on any atom is 0.341 e. The predicted octanol–water partition coefficient (Wildman–Crippen LogP) is 2.46. The van der Waals surface area contributed by atoms with Gasteiger partial charge in [0.15, 0.2) is 5.75 Å². The topological polar surface area (TPSA) is 77.2 Å². The zero-order chi connectivity index (χ0) is 14.1. The number of ether oxygens (including phenoxy) is 1. The van der Waals surface area contributed by atoms with Crippen LogP contribution in [-0.2, 0) is 7.05 Å². The number of hydrogen-bond acceptors (Lipinski definition) is 4. The van der Waals surface area contributed by atoms with E-state index in [-0.39, 0.29) is 11.4 Å². The van der Waals surface area contributed by atoms with E-state index in [0.29, 0.717) is 11.3 Å². The van der Waals surface area contributed by atoms with E-state index in [1.807, 2.05) is 18.2 Å². The van der Waals surface area contributed by atoms with Gasteiger partial charge in [0, 0.05) is 12.4 Å². The molecular formula is C14H11N3O3. The molecule has 100 valence electrons. The Morgan fingerprint density at radius 2 is 2.15 bits per heavy atom. The molecule has 0 saturated carbocycles. The first-order valence-corrected chi connectivity index (χ1v) is 5.93. The zero-order valence-corrected chi connectivity index (χ0v) is 10.6. The van der Waals surface area contributed by atoms with Gasteiger partial charge in [0.2, 0.25) is 5.88 Å². The summed E-state index contributed by atoms with van der Waals surface area (Å²) in [7, 11) is 1.75. The van der Waals surface area contributed by atoms with Gasteiger partial charge in [-0.1, -0.05) is 18.2 Å². The van der Waals surface area contributed by atoms with Gasteiger partial charge >= 0.3 is 5.97 Å². The number of hydrogen-bond donors (Lipinski definition) is 1. The van der Waals surface area contributed by atoms with Gasteiger partial charge in [0.25, 0.3) is 0 Å². The molecule has 0 amide bonds. The van der Waals surface area contributed by atoms with Gasteiger partial charge in [-0.05, 0) is 12.1 Å². The van der Waals surface area contributed by atoms with E-state index in [0.717, 1.165) is 5.39 Å². The highest BCUT2D eigenvalue weighted by Crippen LogP contribution is 2.26. The second kappa shape index (κ2) is 4.65. The molecule has 0 saturated heterocycles. The Bertz CT molecular complexity index is 795. The number of aromatic carboxylic acids is 1. The number of carboxylic acid groups (broad SMARTS) is 1. The van der Waals surface area contributed by atoms with Crippen molar-refractivity contribution < 1.29 is 14.6 Å². The van der Waals surface area contributed by atoms with Crippen LogP contribution in [0, 0.1) is 0 Å². The number of fused-ring (bicyclic) bond motifs is 1. The quantitative estimate of drug-likeness (QED) is 0.790. The smallest absolute Gasteiger partial charge is 0.341 e. The normalized spacial score (nSPS) is 10.7. The van der Waals surface area contributed by atoms with Gasteiger partial charge in [0.1, 0.15) is 5.56 Å². The summed E-state index contributed by atoms with van der Waals surface area (Å²) in [6.07, 6.45) is 3.14. The average Bonchev–Trinajstić information content (AvgIpc) is 2.83. The van der Waals surface area contributed by atoms with Crippen molar-refractivity contribution in [3.8, 4) is 11.6 Å². The second-order valence-electron chi connectivity index (χ2n) is 4.29. The minimum absolute atomic E-state index is 0.0209. The molecule has 0 unspecified atom stereocenters. The number of carbonyl (C=O) groups is 1. The largest absolute Gasteiger partial charge is 0.477 e. The Morgan fingerprint density at radius 1 is 1.35 bits per heavy atom. The highest BCUT2D eigenvalue weighted by atomic mass is 16.5. The third-order valence-electron chi connectivity index (χ3n) is 2.82. The van der Waals surface area contributed by atoms with Crippen LogP contribution in [0.25, 0.3) is 10.9 Å². The predicted molar refractivity (Wildman–Crippen MR) is 72.0 cm³/mol. The molecule has 0 atom stereocenters. The first kappa shape index (κ1) is 12.2. The number of rotatable bonds is 3. The van der Waals surface area contributed by atoms with Gasteiger partial charge in [0.05, 0.1) is 17.9 Å². The summed E-state index contributed by atoms with van der Waals surface area (Å²) >= 11 is 0. The third kappa shape index (κ3) is 2.18. The standard InChI is InChI=1S/C14H11N3O3/c1-17-8-10(7-15-17)20-13-11(14(18)19)6-9-4-2-3-5-12(9)16-13/h2-8H,1H3,(H,18,19). The Morgan fingerprint density at radius 3 is 2.85 bits per heavy atom. The summed E-state index contributed by atoms with van der Waals surface area (Å²) in [5.74, 6) is -0.580. The lowest BCUT2D eigenvalue weighted by atomic mass is 10.1. The van der Waals surface area contributed by atoms with Crippen molar-refractivity contribution >= 4 is 16.9 Å². The minimum atomic E-state index is -1.08. The number of para-hydroxylation sites is 1. The van der Waals surface area contributed by atoms with Crippen LogP contribution >= 0.6 is 0 Å². The molecule has 0 spiro atoms. The number of aryl methyl sites for hydroxylation is 1. The lowest BCUT2D eigenvalue weighted by molar-refractivity contribution is 0.0693. The summed E-state index contributed by atoms with van der Waals surface area (Å²) in [4.78, 5) is 15.6. The van der Waals surface area contributed by atoms with E-state index in [1.165, 1.54) is 6.20 Å². The van der Waals surface area contributed by atoms with Crippen LogP contribution in [-0.4, -0.2) is 25.8 Å². The zero-order valence-electron chi connectivity index (χ0n) is 10.6. The highest BCUT2D eigenvalue weighted by molar-refractivity contribution is 5.95. The second-order valence-corrected chi connectivity index (χ2v) is 4.29. The van der Waals surface area contributed by atoms with Gasteiger partial charge in [-0.15, -0.1) is 0 Å². The molecule has 3 rings (SSSR count). The van der Waals surface area contributed by atoms with E-state index in [1.54, 1.807) is 30.1 Å². The number of benzene rings is 1. The van der Waals surface area contributed by atoms with Crippen LogP contribution < -0.4 is 4.74 Å². The van der Waals surface area contributed by atoms with Crippen molar-refractivity contribution in [2.24, 2.45) is 7.05 Å². The molecule has 1 aromatic carbocycles. The lowest BCUT2D eigenvalue weighted by Gasteiger charge is -2.07. The molecule has 0 radical (unpaired) electrons. The van der Waals surface area contributed by atoms with Crippen LogP contribution in [0.15, 0.2) is 42.7 Å². The van der Waals surface area contributed by atoms with E-state index < -0.39 is 5.97 Å². The Kier molecular flexibility index (Phi) is 2.83. The number of aromatic nitrogens is 3. The lowest BCUT2D eigenvalue weighted by Crippen LogP contribution is -2.02. The summed E-state index contributed by atoms with van der Waals surface area (Å²) in [5.41, 5.74) is 0.698. The molecule has 0 aliphatic carbocycles. The third-order valence-corrected chi connectivity index (χ3v) is 2.82. The Balaban J connectivity index is 2.11. The van der Waals surface area contributed by atoms with Gasteiger partial charge in [-0.25, -0.2) is 9.78 Å². The molecule has 0 fully saturated rings. The number of carboxylic acids is 1. The molecule has 6 nitrogen and oxygen atoms in total. The fourth-order valence-corrected chi connectivity index (χ4v) is 1.89. The molecule has 20 heavy (non-hydrogen) atoms. The van der Waals surface area contributed by atoms with Gasteiger partial charge in [-0.3, -0.25) is 4.68 Å². The van der Waals surface area contributed by atoms with Crippen molar-refractivity contribution in [1.29, 1.82) is 0 Å². The monoisotopic (exact) mass is 269 g/mol. The van der Waals surface area contributed by atoms with Crippen molar-refractivity contribution in [2.45, 2.75) is 0 Å². The van der Waals surface area contributed by atoms with E-state index in [2.05, 4.69) is 10.1 Å². The SMILES string of the molecule is Cn1cc(Oc2nc3ccccc3cc2C(=O)O)cn1. The first-order chi connectivity index (χ1) is 9.63. The minimum Gasteiger partial charge on any atom is -0.477 e. The Hall–Kier alpha value is -2.89. The molecule has 1 N–H and O–H groups in total. The van der Waals surface area contributed by atoms with Crippen molar-refractivity contribution in [2.75, 3.05) is 0 Å². The molecule has 3 aromatic rings. The van der Waals surface area contributed by atoms with Crippen LogP contribution in [0.3, 0.4) is 0 Å². The summed E-state index contributed by atoms with van der Waals surface area (Å²) in [6, 6.07) is 8.83. The first-order valence-electron chi connectivity index (χ1n) is 5.93. The summed E-state index contributed by atoms with van der Waals surface area (Å²) < 4.78 is 7.09. The fourth-order valence-electron chi connectivity index (χ4n) is 1.89. The van der Waals surface area contributed by atoms with Gasteiger partial charge < -0.3 is 9.84 Å². The van der Waals surface area contributed by atoms with Crippen LogP contribution in [0.4, 0.5) is 0 Å². The molecule has 2 heterocycles. The number of nitrogens with zero attached hydrogens (tertiary/aromatic N) is 3. The van der Waals surface area contributed by atoms with Crippen molar-refractivity contribution in [3.05, 3.63) is 48.3 Å². The van der Waals surface area contributed by atoms with E-state index in [9.17, 15) is 9.90 Å². The van der Waals surface area contributed by atoms with Crippen molar-refractivity contribution in [3.63, 3.8) is 0 Å². The maximum absolute atomic E-state index is 11.3. The molecule has 0 aliphatic rings. The summed E-state index contributed by atoms with van der Waals surface area (Å²) in [6.45, 7) is 0. The molecule has 6 heteroatoms. The molecule has 0 bridgehead atoms. The van der Waals surface area contributed by atoms with Crippen LogP contribution in [0.1, 0.15) is 10.4 Å². The highest BCUT2D eigenvalue weighted by Gasteiger charge is 2.16. The van der Waals surface area contributed by atoms with Crippen LogP contribution in [0.5, 0.6) is 11.6 Å². The van der Waals surface area contributed by atoms with Crippen LogP contribution in [0.2, 0.25) is 0 Å². The van der Waals surface area contributed by atoms with E-state index in [4.69, 9.17) is 4.74 Å². The average molecular weight is 269 g/mol. The fraction of sp³-hybridized carbons (Fsp3) is 0.0714. The molecular weight excluding hydrogens is 258 g/mol. The van der Waals surface area contributed by atoms with Crippen molar-refractivity contribution in [1.82, 2.24) is 14.8 Å². The molecule has 2 aromatic heterocycles.